The SMILES string of the molecule is CC(C)(C)c1ccc(C(=O)N2CCC(NC(=O)C3CCCCC3)CC2)cc1. The number of piperidine rings is 1. The second-order valence-corrected chi connectivity index (χ2v) is 9.24. The number of rotatable bonds is 3. The number of carbonyl (C=O) groups is 2. The molecule has 1 saturated carbocycles. The maximum Gasteiger partial charge on any atom is 0.253 e. The van der Waals surface area contributed by atoms with Crippen LogP contribution in [-0.4, -0.2) is 35.8 Å². The molecule has 1 saturated heterocycles. The minimum Gasteiger partial charge on any atom is -0.353 e. The number of hydrogen-bond donors (Lipinski definition) is 1. The van der Waals surface area contributed by atoms with Gasteiger partial charge in [-0.05, 0) is 48.8 Å². The molecule has 2 aliphatic rings. The van der Waals surface area contributed by atoms with Crippen molar-refractivity contribution < 1.29 is 9.59 Å². The zero-order chi connectivity index (χ0) is 19.4. The van der Waals surface area contributed by atoms with Gasteiger partial charge in [-0.2, -0.15) is 0 Å². The summed E-state index contributed by atoms with van der Waals surface area (Å²) in [7, 11) is 0. The van der Waals surface area contributed by atoms with Gasteiger partial charge >= 0.3 is 0 Å². The lowest BCUT2D eigenvalue weighted by molar-refractivity contribution is -0.126. The normalized spacial score (nSPS) is 19.7. The summed E-state index contributed by atoms with van der Waals surface area (Å²) in [4.78, 5) is 27.1. The van der Waals surface area contributed by atoms with Gasteiger partial charge in [-0.15, -0.1) is 0 Å². The molecule has 1 N–H and O–H groups in total. The minimum absolute atomic E-state index is 0.0937. The van der Waals surface area contributed by atoms with Crippen molar-refractivity contribution in [2.24, 2.45) is 5.92 Å². The van der Waals surface area contributed by atoms with E-state index in [0.29, 0.717) is 0 Å². The van der Waals surface area contributed by atoms with Crippen molar-refractivity contribution in [3.8, 4) is 0 Å². The Morgan fingerprint density at radius 3 is 2.07 bits per heavy atom. The van der Waals surface area contributed by atoms with Crippen LogP contribution in [0, 0.1) is 5.92 Å². The quantitative estimate of drug-likeness (QED) is 0.863. The molecule has 1 aromatic carbocycles. The number of hydrogen-bond acceptors (Lipinski definition) is 2. The van der Waals surface area contributed by atoms with Gasteiger partial charge in [0.2, 0.25) is 5.91 Å². The molecule has 1 aromatic rings. The van der Waals surface area contributed by atoms with Crippen molar-refractivity contribution in [1.29, 1.82) is 0 Å². The van der Waals surface area contributed by atoms with Crippen LogP contribution in [0.15, 0.2) is 24.3 Å². The van der Waals surface area contributed by atoms with Crippen molar-refractivity contribution in [2.75, 3.05) is 13.1 Å². The average molecular weight is 371 g/mol. The Hall–Kier alpha value is -1.84. The van der Waals surface area contributed by atoms with Gasteiger partial charge in [0.15, 0.2) is 0 Å². The van der Waals surface area contributed by atoms with E-state index in [1.807, 2.05) is 17.0 Å². The highest BCUT2D eigenvalue weighted by atomic mass is 16.2. The molecule has 4 nitrogen and oxygen atoms in total. The summed E-state index contributed by atoms with van der Waals surface area (Å²) in [6, 6.07) is 8.22. The molecule has 2 amide bonds. The molecule has 3 rings (SSSR count). The van der Waals surface area contributed by atoms with Gasteiger partial charge in [0.05, 0.1) is 0 Å². The lowest BCUT2D eigenvalue weighted by atomic mass is 9.86. The Morgan fingerprint density at radius 1 is 0.926 bits per heavy atom. The monoisotopic (exact) mass is 370 g/mol. The van der Waals surface area contributed by atoms with Crippen LogP contribution >= 0.6 is 0 Å². The highest BCUT2D eigenvalue weighted by Gasteiger charge is 2.27. The summed E-state index contributed by atoms with van der Waals surface area (Å²) in [5.74, 6) is 0.546. The molecule has 0 unspecified atom stereocenters. The highest BCUT2D eigenvalue weighted by molar-refractivity contribution is 5.94. The fourth-order valence-corrected chi connectivity index (χ4v) is 4.21. The molecular weight excluding hydrogens is 336 g/mol. The van der Waals surface area contributed by atoms with E-state index in [9.17, 15) is 9.59 Å². The predicted molar refractivity (Wildman–Crippen MR) is 109 cm³/mol. The largest absolute Gasteiger partial charge is 0.353 e. The second kappa shape index (κ2) is 8.45. The van der Waals surface area contributed by atoms with E-state index < -0.39 is 0 Å². The summed E-state index contributed by atoms with van der Waals surface area (Å²) in [6.45, 7) is 7.97. The molecule has 1 aliphatic carbocycles. The fourth-order valence-electron chi connectivity index (χ4n) is 4.21. The second-order valence-electron chi connectivity index (χ2n) is 9.24. The van der Waals surface area contributed by atoms with Crippen LogP contribution in [0.5, 0.6) is 0 Å². The lowest BCUT2D eigenvalue weighted by Crippen LogP contribution is -2.48. The molecule has 0 spiro atoms. The van der Waals surface area contributed by atoms with Crippen LogP contribution in [0.25, 0.3) is 0 Å². The first-order valence-corrected chi connectivity index (χ1v) is 10.5. The van der Waals surface area contributed by atoms with Crippen LogP contribution in [0.2, 0.25) is 0 Å². The molecule has 0 radical (unpaired) electrons. The van der Waals surface area contributed by atoms with E-state index in [1.165, 1.54) is 24.8 Å². The molecule has 27 heavy (non-hydrogen) atoms. The summed E-state index contributed by atoms with van der Waals surface area (Å²) >= 11 is 0. The number of nitrogens with one attached hydrogen (secondary N) is 1. The summed E-state index contributed by atoms with van der Waals surface area (Å²) in [5.41, 5.74) is 2.09. The zero-order valence-corrected chi connectivity index (χ0v) is 17.1. The Bertz CT molecular complexity index is 646. The first-order chi connectivity index (χ1) is 12.8. The first-order valence-electron chi connectivity index (χ1n) is 10.5. The molecule has 1 heterocycles. The average Bonchev–Trinajstić information content (AvgIpc) is 2.68. The Kier molecular flexibility index (Phi) is 6.23. The summed E-state index contributed by atoms with van der Waals surface area (Å²) in [5, 5.41) is 3.23. The van der Waals surface area contributed by atoms with Crippen LogP contribution in [0.3, 0.4) is 0 Å². The number of likely N-dealkylation sites (tertiary alicyclic amines) is 1. The van der Waals surface area contributed by atoms with Gasteiger partial charge < -0.3 is 10.2 Å². The summed E-state index contributed by atoms with van der Waals surface area (Å²) < 4.78 is 0. The third kappa shape index (κ3) is 5.12. The van der Waals surface area contributed by atoms with E-state index in [4.69, 9.17) is 0 Å². The highest BCUT2D eigenvalue weighted by Crippen LogP contribution is 2.25. The third-order valence-electron chi connectivity index (χ3n) is 6.10. The lowest BCUT2D eigenvalue weighted by Gasteiger charge is -2.33. The number of nitrogens with zero attached hydrogens (tertiary/aromatic N) is 1. The smallest absolute Gasteiger partial charge is 0.253 e. The van der Waals surface area contributed by atoms with Gasteiger partial charge in [0, 0.05) is 30.6 Å². The van der Waals surface area contributed by atoms with Crippen LogP contribution < -0.4 is 5.32 Å². The van der Waals surface area contributed by atoms with Crippen molar-refractivity contribution >= 4 is 11.8 Å². The number of carbonyl (C=O) groups excluding carboxylic acids is 2. The van der Waals surface area contributed by atoms with Gasteiger partial charge in [-0.3, -0.25) is 9.59 Å². The summed E-state index contributed by atoms with van der Waals surface area (Å²) in [6.07, 6.45) is 7.40. The van der Waals surface area contributed by atoms with Crippen molar-refractivity contribution in [3.05, 3.63) is 35.4 Å². The van der Waals surface area contributed by atoms with Crippen molar-refractivity contribution in [3.63, 3.8) is 0 Å². The first kappa shape index (κ1) is 19.9. The molecule has 148 valence electrons. The third-order valence-corrected chi connectivity index (χ3v) is 6.10. The zero-order valence-electron chi connectivity index (χ0n) is 17.1. The number of benzene rings is 1. The van der Waals surface area contributed by atoms with Crippen LogP contribution in [-0.2, 0) is 10.2 Å². The van der Waals surface area contributed by atoms with Gasteiger partial charge in [0.1, 0.15) is 0 Å². The molecule has 0 bridgehead atoms. The maximum atomic E-state index is 12.8. The van der Waals surface area contributed by atoms with E-state index in [1.54, 1.807) is 0 Å². The van der Waals surface area contributed by atoms with Crippen molar-refractivity contribution in [2.45, 2.75) is 77.2 Å². The predicted octanol–water partition coefficient (Wildman–Crippen LogP) is 4.29. The molecule has 1 aliphatic heterocycles. The molecule has 0 atom stereocenters. The van der Waals surface area contributed by atoms with Crippen LogP contribution in [0.4, 0.5) is 0 Å². The van der Waals surface area contributed by atoms with E-state index in [-0.39, 0.29) is 29.2 Å². The van der Waals surface area contributed by atoms with Crippen LogP contribution in [0.1, 0.15) is 81.6 Å². The molecule has 0 aromatic heterocycles. The Balaban J connectivity index is 1.49. The Labute approximate surface area is 163 Å². The van der Waals surface area contributed by atoms with Crippen molar-refractivity contribution in [1.82, 2.24) is 10.2 Å². The van der Waals surface area contributed by atoms with E-state index in [0.717, 1.165) is 44.3 Å². The Morgan fingerprint density at radius 2 is 1.52 bits per heavy atom. The fraction of sp³-hybridized carbons (Fsp3) is 0.652. The van der Waals surface area contributed by atoms with Gasteiger partial charge in [0.25, 0.3) is 5.91 Å². The van der Waals surface area contributed by atoms with E-state index in [2.05, 4.69) is 38.2 Å². The maximum absolute atomic E-state index is 12.8. The van der Waals surface area contributed by atoms with Gasteiger partial charge in [-0.25, -0.2) is 0 Å². The van der Waals surface area contributed by atoms with Gasteiger partial charge in [-0.1, -0.05) is 52.2 Å². The minimum atomic E-state index is 0.0937. The molecular formula is C23H34N2O2. The molecule has 4 heteroatoms. The molecule has 2 fully saturated rings. The number of amides is 2. The standard InChI is InChI=1S/C23H34N2O2/c1-23(2,3)19-11-9-18(10-12-19)22(27)25-15-13-20(14-16-25)24-21(26)17-7-5-4-6-8-17/h9-12,17,20H,4-8,13-16H2,1-3H3,(H,24,26). The topological polar surface area (TPSA) is 49.4 Å². The van der Waals surface area contributed by atoms with E-state index >= 15 is 0 Å².